The van der Waals surface area contributed by atoms with Gasteiger partial charge in [-0.3, -0.25) is 4.79 Å². The summed E-state index contributed by atoms with van der Waals surface area (Å²) in [5.74, 6) is -0.109. The normalized spacial score (nSPS) is 12.3. The van der Waals surface area contributed by atoms with Crippen molar-refractivity contribution < 1.29 is 4.79 Å². The zero-order chi connectivity index (χ0) is 15.2. The summed E-state index contributed by atoms with van der Waals surface area (Å²) in [5, 5.41) is 0.466. The molecule has 106 valence electrons. The predicted molar refractivity (Wildman–Crippen MR) is 92.9 cm³/mol. The molecule has 2 aromatic carbocycles. The Morgan fingerprint density at radius 1 is 1.00 bits per heavy atom. The Bertz CT molecular complexity index is 698. The van der Waals surface area contributed by atoms with E-state index in [1.165, 1.54) is 0 Å². The molecule has 0 aliphatic carbocycles. The van der Waals surface area contributed by atoms with Gasteiger partial charge in [0.15, 0.2) is 5.78 Å². The number of carbonyl (C=O) groups excluding carboxylic acids is 1. The van der Waals surface area contributed by atoms with Crippen molar-refractivity contribution >= 4 is 38.9 Å². The molecule has 0 heterocycles. The number of carbonyl (C=O) groups is 1. The third-order valence-electron chi connectivity index (χ3n) is 3.00. The van der Waals surface area contributed by atoms with E-state index in [-0.39, 0.29) is 5.78 Å². The molecule has 2 rings (SSSR count). The average Bonchev–Trinajstić information content (AvgIpc) is 2.48. The first-order valence-electron chi connectivity index (χ1n) is 6.48. The lowest BCUT2D eigenvalue weighted by atomic mass is 10.0. The fourth-order valence-electron chi connectivity index (χ4n) is 1.94. The van der Waals surface area contributed by atoms with Gasteiger partial charge in [-0.1, -0.05) is 70.0 Å². The monoisotopic (exact) mass is 360 g/mol. The number of rotatable bonds is 4. The van der Waals surface area contributed by atoms with E-state index in [9.17, 15) is 4.79 Å². The van der Waals surface area contributed by atoms with Crippen LogP contribution in [0.4, 0.5) is 0 Å². The first-order chi connectivity index (χ1) is 10.1. The molecular weight excluding hydrogens is 348 g/mol. The lowest BCUT2D eigenvalue weighted by Crippen LogP contribution is -1.95. The standard InChI is InChI=1S/C18H14BrClO/c1-13(19)15(14-7-3-2-4-8-14)11-12-18(21)16-9-5-6-10-17(16)20/h2-12H,1H3/b12-11+,15-13+. The molecule has 0 atom stereocenters. The second kappa shape index (κ2) is 7.39. The van der Waals surface area contributed by atoms with Crippen LogP contribution in [0, 0.1) is 0 Å². The van der Waals surface area contributed by atoms with Crippen molar-refractivity contribution in [3.05, 3.63) is 87.4 Å². The summed E-state index contributed by atoms with van der Waals surface area (Å²) in [6.07, 6.45) is 3.36. The fourth-order valence-corrected chi connectivity index (χ4v) is 2.53. The van der Waals surface area contributed by atoms with Crippen molar-refractivity contribution in [1.82, 2.24) is 0 Å². The maximum absolute atomic E-state index is 12.2. The summed E-state index contributed by atoms with van der Waals surface area (Å²) in [4.78, 5) is 12.2. The fraction of sp³-hybridized carbons (Fsp3) is 0.0556. The Hall–Kier alpha value is -1.64. The minimum atomic E-state index is -0.109. The molecule has 0 saturated carbocycles. The molecule has 0 fully saturated rings. The SMILES string of the molecule is C/C(Br)=C(/C=C/C(=O)c1ccccc1Cl)c1ccccc1. The molecule has 0 unspecified atom stereocenters. The van der Waals surface area contributed by atoms with Crippen LogP contribution in [-0.4, -0.2) is 5.78 Å². The molecule has 0 aliphatic rings. The first-order valence-corrected chi connectivity index (χ1v) is 7.65. The molecular formula is C18H14BrClO. The van der Waals surface area contributed by atoms with Crippen LogP contribution < -0.4 is 0 Å². The molecule has 0 spiro atoms. The van der Waals surface area contributed by atoms with Crippen LogP contribution in [0.5, 0.6) is 0 Å². The van der Waals surface area contributed by atoms with Gasteiger partial charge in [-0.2, -0.15) is 0 Å². The van der Waals surface area contributed by atoms with Gasteiger partial charge in [0.25, 0.3) is 0 Å². The lowest BCUT2D eigenvalue weighted by molar-refractivity contribution is 0.104. The van der Waals surface area contributed by atoms with E-state index in [0.717, 1.165) is 15.6 Å². The maximum Gasteiger partial charge on any atom is 0.187 e. The Labute approximate surface area is 138 Å². The van der Waals surface area contributed by atoms with Gasteiger partial charge in [0.05, 0.1) is 5.02 Å². The zero-order valence-electron chi connectivity index (χ0n) is 11.5. The molecule has 3 heteroatoms. The highest BCUT2D eigenvalue weighted by Crippen LogP contribution is 2.24. The topological polar surface area (TPSA) is 17.1 Å². The van der Waals surface area contributed by atoms with Crippen LogP contribution >= 0.6 is 27.5 Å². The predicted octanol–water partition coefficient (Wildman–Crippen LogP) is 5.91. The summed E-state index contributed by atoms with van der Waals surface area (Å²) in [5.41, 5.74) is 2.53. The quantitative estimate of drug-likeness (QED) is 0.376. The molecule has 0 aromatic heterocycles. The Kier molecular flexibility index (Phi) is 5.54. The third kappa shape index (κ3) is 4.16. The average molecular weight is 362 g/mol. The van der Waals surface area contributed by atoms with Gasteiger partial charge in [0.1, 0.15) is 0 Å². The highest BCUT2D eigenvalue weighted by atomic mass is 79.9. The van der Waals surface area contributed by atoms with Crippen LogP contribution in [0.3, 0.4) is 0 Å². The van der Waals surface area contributed by atoms with Crippen LogP contribution in [0.15, 0.2) is 71.2 Å². The van der Waals surface area contributed by atoms with Crippen molar-refractivity contribution in [3.8, 4) is 0 Å². The van der Waals surface area contributed by atoms with Crippen LogP contribution in [0.25, 0.3) is 5.57 Å². The van der Waals surface area contributed by atoms with Gasteiger partial charge in [-0.25, -0.2) is 0 Å². The molecule has 0 radical (unpaired) electrons. The van der Waals surface area contributed by atoms with Crippen molar-refractivity contribution in [2.24, 2.45) is 0 Å². The summed E-state index contributed by atoms with van der Waals surface area (Å²) in [6, 6.07) is 17.0. The smallest absolute Gasteiger partial charge is 0.187 e. The second-order valence-corrected chi connectivity index (χ2v) is 6.09. The Morgan fingerprint density at radius 3 is 2.24 bits per heavy atom. The molecule has 0 bridgehead atoms. The second-order valence-electron chi connectivity index (χ2n) is 4.49. The zero-order valence-corrected chi connectivity index (χ0v) is 13.9. The van der Waals surface area contributed by atoms with Crippen LogP contribution in [-0.2, 0) is 0 Å². The number of halogens is 2. The molecule has 0 N–H and O–H groups in total. The van der Waals surface area contributed by atoms with Crippen LogP contribution in [0.1, 0.15) is 22.8 Å². The van der Waals surface area contributed by atoms with E-state index >= 15 is 0 Å². The minimum Gasteiger partial charge on any atom is -0.289 e. The van der Waals surface area contributed by atoms with E-state index in [1.807, 2.05) is 43.3 Å². The van der Waals surface area contributed by atoms with Crippen molar-refractivity contribution in [1.29, 1.82) is 0 Å². The van der Waals surface area contributed by atoms with Gasteiger partial charge in [0, 0.05) is 5.56 Å². The Morgan fingerprint density at radius 2 is 1.62 bits per heavy atom. The van der Waals surface area contributed by atoms with Gasteiger partial charge in [-0.05, 0) is 46.8 Å². The first kappa shape index (κ1) is 15.7. The summed E-state index contributed by atoms with van der Waals surface area (Å²) < 4.78 is 0.969. The van der Waals surface area contributed by atoms with Crippen molar-refractivity contribution in [2.75, 3.05) is 0 Å². The number of allylic oxidation sites excluding steroid dienone is 4. The molecule has 0 saturated heterocycles. The van der Waals surface area contributed by atoms with E-state index < -0.39 is 0 Å². The van der Waals surface area contributed by atoms with E-state index in [4.69, 9.17) is 11.6 Å². The molecule has 2 aromatic rings. The number of hydrogen-bond acceptors (Lipinski definition) is 1. The molecule has 21 heavy (non-hydrogen) atoms. The Balaban J connectivity index is 2.29. The molecule has 0 amide bonds. The highest BCUT2D eigenvalue weighted by molar-refractivity contribution is 9.11. The largest absolute Gasteiger partial charge is 0.289 e. The maximum atomic E-state index is 12.2. The van der Waals surface area contributed by atoms with E-state index in [1.54, 1.807) is 30.3 Å². The summed E-state index contributed by atoms with van der Waals surface area (Å²) >= 11 is 9.53. The van der Waals surface area contributed by atoms with Crippen molar-refractivity contribution in [2.45, 2.75) is 6.92 Å². The van der Waals surface area contributed by atoms with Gasteiger partial charge in [0.2, 0.25) is 0 Å². The third-order valence-corrected chi connectivity index (χ3v) is 3.75. The number of benzene rings is 2. The lowest BCUT2D eigenvalue weighted by Gasteiger charge is -2.04. The highest BCUT2D eigenvalue weighted by Gasteiger charge is 2.07. The molecule has 1 nitrogen and oxygen atoms in total. The summed E-state index contributed by atoms with van der Waals surface area (Å²) in [6.45, 7) is 1.95. The van der Waals surface area contributed by atoms with Gasteiger partial charge < -0.3 is 0 Å². The van der Waals surface area contributed by atoms with Gasteiger partial charge in [-0.15, -0.1) is 0 Å². The van der Waals surface area contributed by atoms with Crippen LogP contribution in [0.2, 0.25) is 5.02 Å². The minimum absolute atomic E-state index is 0.109. The van der Waals surface area contributed by atoms with Crippen molar-refractivity contribution in [3.63, 3.8) is 0 Å². The molecule has 0 aliphatic heterocycles. The van der Waals surface area contributed by atoms with E-state index in [2.05, 4.69) is 15.9 Å². The number of hydrogen-bond donors (Lipinski definition) is 0. The number of ketones is 1. The van der Waals surface area contributed by atoms with E-state index in [0.29, 0.717) is 10.6 Å². The van der Waals surface area contributed by atoms with Gasteiger partial charge >= 0.3 is 0 Å². The summed E-state index contributed by atoms with van der Waals surface area (Å²) in [7, 11) is 0.